The van der Waals surface area contributed by atoms with Gasteiger partial charge in [0.15, 0.2) is 5.65 Å². The van der Waals surface area contributed by atoms with Gasteiger partial charge in [-0.05, 0) is 52.4 Å². The molecule has 1 aliphatic rings. The number of hydrogen-bond donors (Lipinski definition) is 2. The second-order valence-corrected chi connectivity index (χ2v) is 6.78. The smallest absolute Gasteiger partial charge is 0.226 e. The van der Waals surface area contributed by atoms with E-state index in [1.807, 2.05) is 19.9 Å². The summed E-state index contributed by atoms with van der Waals surface area (Å²) in [6.45, 7) is 3.99. The van der Waals surface area contributed by atoms with E-state index in [0.717, 1.165) is 23.1 Å². The Morgan fingerprint density at radius 3 is 2.61 bits per heavy atom. The highest BCUT2D eigenvalue weighted by Crippen LogP contribution is 2.26. The lowest BCUT2D eigenvalue weighted by molar-refractivity contribution is 0.211. The molecule has 23 heavy (non-hydrogen) atoms. The fourth-order valence-electron chi connectivity index (χ4n) is 3.64. The largest absolute Gasteiger partial charge is 0.383 e. The van der Waals surface area contributed by atoms with Crippen LogP contribution in [0.4, 0.5) is 11.8 Å². The summed E-state index contributed by atoms with van der Waals surface area (Å²) < 4.78 is 0. The number of likely N-dealkylation sites (N-methyl/N-ethyl adjacent to an activating group) is 1. The van der Waals surface area contributed by atoms with Crippen LogP contribution in [0.15, 0.2) is 6.07 Å². The summed E-state index contributed by atoms with van der Waals surface area (Å²) in [6.07, 6.45) is 4.85. The molecule has 6 nitrogen and oxygen atoms in total. The van der Waals surface area contributed by atoms with Crippen LogP contribution in [0.1, 0.15) is 36.9 Å². The van der Waals surface area contributed by atoms with Crippen LogP contribution in [0.5, 0.6) is 0 Å². The average molecular weight is 314 g/mol. The zero-order valence-corrected chi connectivity index (χ0v) is 14.4. The Hall–Kier alpha value is -1.95. The Balaban J connectivity index is 1.94. The maximum absolute atomic E-state index is 6.17. The summed E-state index contributed by atoms with van der Waals surface area (Å²) in [6, 6.07) is 2.86. The van der Waals surface area contributed by atoms with Crippen molar-refractivity contribution in [3.63, 3.8) is 0 Å². The topological polar surface area (TPSA) is 80.0 Å². The van der Waals surface area contributed by atoms with Gasteiger partial charge in [0.2, 0.25) is 5.95 Å². The predicted molar refractivity (Wildman–Crippen MR) is 94.6 cm³/mol. The van der Waals surface area contributed by atoms with Crippen LogP contribution >= 0.6 is 0 Å². The molecule has 0 spiro atoms. The molecule has 2 heterocycles. The van der Waals surface area contributed by atoms with Gasteiger partial charge in [0, 0.05) is 17.8 Å². The van der Waals surface area contributed by atoms with E-state index in [9.17, 15) is 0 Å². The van der Waals surface area contributed by atoms with Gasteiger partial charge in [-0.3, -0.25) is 0 Å². The van der Waals surface area contributed by atoms with Crippen molar-refractivity contribution in [2.24, 2.45) is 0 Å². The highest BCUT2D eigenvalue weighted by Gasteiger charge is 2.27. The van der Waals surface area contributed by atoms with Gasteiger partial charge in [0.05, 0.1) is 5.39 Å². The number of anilines is 2. The number of aromatic nitrogens is 3. The molecule has 0 unspecified atom stereocenters. The summed E-state index contributed by atoms with van der Waals surface area (Å²) in [5, 5.41) is 4.36. The van der Waals surface area contributed by atoms with Gasteiger partial charge >= 0.3 is 0 Å². The Morgan fingerprint density at radius 2 is 1.87 bits per heavy atom. The lowest BCUT2D eigenvalue weighted by atomic mass is 9.89. The Labute approximate surface area is 137 Å². The minimum atomic E-state index is 0.349. The third-order valence-corrected chi connectivity index (χ3v) is 4.73. The fraction of sp³-hybridized carbons (Fsp3) is 0.588. The number of hydrogen-bond acceptors (Lipinski definition) is 6. The van der Waals surface area contributed by atoms with Crippen LogP contribution < -0.4 is 11.1 Å². The molecule has 6 heteroatoms. The van der Waals surface area contributed by atoms with Gasteiger partial charge in [0.1, 0.15) is 5.82 Å². The molecule has 124 valence electrons. The van der Waals surface area contributed by atoms with Crippen LogP contribution in [0, 0.1) is 13.8 Å². The summed E-state index contributed by atoms with van der Waals surface area (Å²) in [5.41, 5.74) is 8.86. The first-order valence-electron chi connectivity index (χ1n) is 8.30. The standard InChI is InChI=1S/C17H26N6/c1-10-9-11(2)19-16-14(10)15(18)21-17(22-16)20-12-7-5-6-8-13(12)23(3)4/h9,12-13H,5-8H2,1-4H3,(H3,18,19,20,21,22)/t12-,13-/m0/s1. The third kappa shape index (κ3) is 3.22. The molecule has 2 aromatic rings. The molecule has 3 rings (SSSR count). The lowest BCUT2D eigenvalue weighted by Gasteiger charge is -2.36. The van der Waals surface area contributed by atoms with Gasteiger partial charge in [-0.1, -0.05) is 12.8 Å². The van der Waals surface area contributed by atoms with Crippen molar-refractivity contribution in [1.29, 1.82) is 0 Å². The van der Waals surface area contributed by atoms with Gasteiger partial charge in [-0.25, -0.2) is 4.98 Å². The zero-order chi connectivity index (χ0) is 16.6. The van der Waals surface area contributed by atoms with Crippen molar-refractivity contribution in [3.8, 4) is 0 Å². The normalized spacial score (nSPS) is 21.8. The van der Waals surface area contributed by atoms with Crippen molar-refractivity contribution >= 4 is 22.8 Å². The molecular weight excluding hydrogens is 288 g/mol. The summed E-state index contributed by atoms with van der Waals surface area (Å²) in [4.78, 5) is 15.9. The molecule has 1 saturated carbocycles. The number of nitrogens with one attached hydrogen (secondary N) is 1. The van der Waals surface area contributed by atoms with Crippen LogP contribution in [-0.2, 0) is 0 Å². The predicted octanol–water partition coefficient (Wildman–Crippen LogP) is 2.51. The SMILES string of the molecule is Cc1cc(C)c2c(N)nc(N[C@H]3CCCC[C@@H]3N(C)C)nc2n1. The molecule has 0 amide bonds. The number of nitrogens with zero attached hydrogens (tertiary/aromatic N) is 4. The van der Waals surface area contributed by atoms with Crippen LogP contribution in [-0.4, -0.2) is 46.0 Å². The van der Waals surface area contributed by atoms with Gasteiger partial charge in [0.25, 0.3) is 0 Å². The van der Waals surface area contributed by atoms with E-state index in [1.165, 1.54) is 19.3 Å². The first-order chi connectivity index (χ1) is 11.0. The fourth-order valence-corrected chi connectivity index (χ4v) is 3.64. The Kier molecular flexibility index (Phi) is 4.35. The molecule has 0 radical (unpaired) electrons. The number of rotatable bonds is 3. The lowest BCUT2D eigenvalue weighted by Crippen LogP contribution is -2.45. The zero-order valence-electron chi connectivity index (χ0n) is 14.4. The third-order valence-electron chi connectivity index (χ3n) is 4.73. The van der Waals surface area contributed by atoms with Crippen molar-refractivity contribution < 1.29 is 0 Å². The Bertz CT molecular complexity index is 712. The van der Waals surface area contributed by atoms with E-state index in [-0.39, 0.29) is 0 Å². The molecule has 3 N–H and O–H groups in total. The molecule has 0 bridgehead atoms. The molecule has 2 aromatic heterocycles. The van der Waals surface area contributed by atoms with Crippen molar-refractivity contribution in [2.45, 2.75) is 51.6 Å². The maximum Gasteiger partial charge on any atom is 0.226 e. The second-order valence-electron chi connectivity index (χ2n) is 6.78. The van der Waals surface area contributed by atoms with Crippen LogP contribution in [0.25, 0.3) is 11.0 Å². The number of aryl methyl sites for hydroxylation is 2. The van der Waals surface area contributed by atoms with E-state index in [1.54, 1.807) is 0 Å². The van der Waals surface area contributed by atoms with Crippen LogP contribution in [0.3, 0.4) is 0 Å². The minimum Gasteiger partial charge on any atom is -0.383 e. The molecule has 0 aliphatic heterocycles. The van der Waals surface area contributed by atoms with E-state index < -0.39 is 0 Å². The number of nitrogens with two attached hydrogens (primary N) is 1. The monoisotopic (exact) mass is 314 g/mol. The van der Waals surface area contributed by atoms with E-state index in [0.29, 0.717) is 29.5 Å². The van der Waals surface area contributed by atoms with Crippen molar-refractivity contribution in [1.82, 2.24) is 19.9 Å². The summed E-state index contributed by atoms with van der Waals surface area (Å²) in [7, 11) is 4.27. The molecular formula is C17H26N6. The number of nitrogen functional groups attached to an aromatic ring is 1. The highest BCUT2D eigenvalue weighted by atomic mass is 15.2. The average Bonchev–Trinajstić information content (AvgIpc) is 2.46. The molecule has 0 saturated heterocycles. The van der Waals surface area contributed by atoms with Gasteiger partial charge in [-0.2, -0.15) is 9.97 Å². The van der Waals surface area contributed by atoms with E-state index >= 15 is 0 Å². The minimum absolute atomic E-state index is 0.349. The molecule has 1 fully saturated rings. The summed E-state index contributed by atoms with van der Waals surface area (Å²) >= 11 is 0. The maximum atomic E-state index is 6.17. The first-order valence-corrected chi connectivity index (χ1v) is 8.30. The quantitative estimate of drug-likeness (QED) is 0.906. The van der Waals surface area contributed by atoms with Crippen molar-refractivity contribution in [3.05, 3.63) is 17.3 Å². The number of fused-ring (bicyclic) bond motifs is 1. The molecule has 2 atom stereocenters. The summed E-state index contributed by atoms with van der Waals surface area (Å²) in [5.74, 6) is 1.09. The Morgan fingerprint density at radius 1 is 1.13 bits per heavy atom. The van der Waals surface area contributed by atoms with Crippen molar-refractivity contribution in [2.75, 3.05) is 25.1 Å². The van der Waals surface area contributed by atoms with E-state index in [4.69, 9.17) is 5.73 Å². The number of pyridine rings is 1. The van der Waals surface area contributed by atoms with Gasteiger partial charge < -0.3 is 16.0 Å². The van der Waals surface area contributed by atoms with E-state index in [2.05, 4.69) is 39.3 Å². The first kappa shape index (κ1) is 15.9. The molecule has 1 aliphatic carbocycles. The van der Waals surface area contributed by atoms with Crippen LogP contribution in [0.2, 0.25) is 0 Å². The molecule has 0 aromatic carbocycles. The van der Waals surface area contributed by atoms with Gasteiger partial charge in [-0.15, -0.1) is 0 Å². The second kappa shape index (κ2) is 6.28. The highest BCUT2D eigenvalue weighted by molar-refractivity contribution is 5.89.